The molecular formula is C16H13BrF2N2O2. The molecule has 2 N–H and O–H groups in total. The van der Waals surface area contributed by atoms with Gasteiger partial charge in [0.2, 0.25) is 5.91 Å². The summed E-state index contributed by atoms with van der Waals surface area (Å²) in [5.41, 5.74) is 1.49. The fourth-order valence-corrected chi connectivity index (χ4v) is 2.07. The maximum atomic E-state index is 13.1. The van der Waals surface area contributed by atoms with Crippen LogP contribution < -0.4 is 10.6 Å². The van der Waals surface area contributed by atoms with Gasteiger partial charge in [0.15, 0.2) is 11.6 Å². The number of benzene rings is 2. The number of aryl methyl sites for hydroxylation is 1. The van der Waals surface area contributed by atoms with E-state index in [9.17, 15) is 18.4 Å². The highest BCUT2D eigenvalue weighted by atomic mass is 79.9. The van der Waals surface area contributed by atoms with Crippen LogP contribution in [-0.2, 0) is 4.79 Å². The molecule has 23 heavy (non-hydrogen) atoms. The van der Waals surface area contributed by atoms with Gasteiger partial charge in [0.25, 0.3) is 5.91 Å². The molecule has 0 aliphatic rings. The molecule has 0 atom stereocenters. The van der Waals surface area contributed by atoms with Crippen LogP contribution >= 0.6 is 15.9 Å². The normalized spacial score (nSPS) is 10.3. The summed E-state index contributed by atoms with van der Waals surface area (Å²) in [7, 11) is 0. The third-order valence-electron chi connectivity index (χ3n) is 3.03. The highest BCUT2D eigenvalue weighted by Gasteiger charge is 2.11. The van der Waals surface area contributed by atoms with E-state index in [1.165, 1.54) is 0 Å². The molecule has 0 radical (unpaired) electrons. The maximum Gasteiger partial charge on any atom is 0.251 e. The number of nitrogens with one attached hydrogen (secondary N) is 2. The third kappa shape index (κ3) is 4.59. The highest BCUT2D eigenvalue weighted by molar-refractivity contribution is 9.10. The number of amides is 2. The molecule has 2 amide bonds. The fourth-order valence-electron chi connectivity index (χ4n) is 1.83. The molecule has 4 nitrogen and oxygen atoms in total. The van der Waals surface area contributed by atoms with Gasteiger partial charge < -0.3 is 10.6 Å². The molecule has 0 heterocycles. The number of anilines is 1. The van der Waals surface area contributed by atoms with Crippen LogP contribution in [0.4, 0.5) is 14.5 Å². The van der Waals surface area contributed by atoms with E-state index >= 15 is 0 Å². The predicted octanol–water partition coefficient (Wildman–Crippen LogP) is 3.40. The summed E-state index contributed by atoms with van der Waals surface area (Å²) in [5, 5.41) is 4.97. The summed E-state index contributed by atoms with van der Waals surface area (Å²) in [6, 6.07) is 8.06. The Morgan fingerprint density at radius 3 is 2.48 bits per heavy atom. The Morgan fingerprint density at radius 2 is 1.83 bits per heavy atom. The molecule has 0 spiro atoms. The molecule has 0 unspecified atom stereocenters. The lowest BCUT2D eigenvalue weighted by Crippen LogP contribution is -2.32. The Bertz CT molecular complexity index is 766. The second kappa shape index (κ2) is 7.32. The Balaban J connectivity index is 1.91. The van der Waals surface area contributed by atoms with Crippen LogP contribution in [0.15, 0.2) is 40.9 Å². The molecule has 0 aliphatic carbocycles. The standard InChI is InChI=1S/C16H13BrF2N2O2/c1-9-6-11(3-4-12(9)17)21-15(22)8-20-16(23)10-2-5-13(18)14(19)7-10/h2-7H,8H2,1H3,(H,20,23)(H,21,22). The van der Waals surface area contributed by atoms with Gasteiger partial charge in [0, 0.05) is 15.7 Å². The Morgan fingerprint density at radius 1 is 1.09 bits per heavy atom. The first kappa shape index (κ1) is 17.1. The summed E-state index contributed by atoms with van der Waals surface area (Å²) in [6.07, 6.45) is 0. The van der Waals surface area contributed by atoms with Gasteiger partial charge in [-0.1, -0.05) is 15.9 Å². The molecule has 7 heteroatoms. The average Bonchev–Trinajstić information content (AvgIpc) is 2.51. The van der Waals surface area contributed by atoms with Crippen LogP contribution in [0.3, 0.4) is 0 Å². The largest absolute Gasteiger partial charge is 0.343 e. The SMILES string of the molecule is Cc1cc(NC(=O)CNC(=O)c2ccc(F)c(F)c2)ccc1Br. The lowest BCUT2D eigenvalue weighted by Gasteiger charge is -2.08. The van der Waals surface area contributed by atoms with Crippen molar-refractivity contribution in [3.63, 3.8) is 0 Å². The van der Waals surface area contributed by atoms with Crippen LogP contribution in [-0.4, -0.2) is 18.4 Å². The van der Waals surface area contributed by atoms with Crippen LogP contribution in [0.1, 0.15) is 15.9 Å². The van der Waals surface area contributed by atoms with E-state index in [4.69, 9.17) is 0 Å². The van der Waals surface area contributed by atoms with E-state index in [1.807, 2.05) is 6.92 Å². The predicted molar refractivity (Wildman–Crippen MR) is 86.2 cm³/mol. The van der Waals surface area contributed by atoms with Crippen molar-refractivity contribution >= 4 is 33.4 Å². The minimum Gasteiger partial charge on any atom is -0.343 e. The van der Waals surface area contributed by atoms with Crippen molar-refractivity contribution < 1.29 is 18.4 Å². The van der Waals surface area contributed by atoms with Crippen molar-refractivity contribution in [1.82, 2.24) is 5.32 Å². The van der Waals surface area contributed by atoms with Crippen molar-refractivity contribution in [3.8, 4) is 0 Å². The summed E-state index contributed by atoms with van der Waals surface area (Å²) < 4.78 is 26.8. The van der Waals surface area contributed by atoms with Crippen molar-refractivity contribution in [2.24, 2.45) is 0 Å². The molecule has 0 bridgehead atoms. The molecule has 0 saturated carbocycles. The van der Waals surface area contributed by atoms with Gasteiger partial charge in [0.05, 0.1) is 6.54 Å². The van der Waals surface area contributed by atoms with E-state index in [1.54, 1.807) is 18.2 Å². The van der Waals surface area contributed by atoms with Crippen LogP contribution in [0, 0.1) is 18.6 Å². The highest BCUT2D eigenvalue weighted by Crippen LogP contribution is 2.19. The summed E-state index contributed by atoms with van der Waals surface area (Å²) in [4.78, 5) is 23.6. The third-order valence-corrected chi connectivity index (χ3v) is 3.92. The average molecular weight is 383 g/mol. The smallest absolute Gasteiger partial charge is 0.251 e. The minimum absolute atomic E-state index is 0.0591. The molecule has 2 aromatic carbocycles. The van der Waals surface area contributed by atoms with Crippen LogP contribution in [0.5, 0.6) is 0 Å². The quantitative estimate of drug-likeness (QED) is 0.851. The first-order chi connectivity index (χ1) is 10.9. The zero-order valence-electron chi connectivity index (χ0n) is 12.1. The molecule has 120 valence electrons. The Hall–Kier alpha value is -2.28. The van der Waals surface area contributed by atoms with E-state index in [-0.39, 0.29) is 12.1 Å². The van der Waals surface area contributed by atoms with E-state index < -0.39 is 23.4 Å². The summed E-state index contributed by atoms with van der Waals surface area (Å²) >= 11 is 3.36. The maximum absolute atomic E-state index is 13.1. The molecular weight excluding hydrogens is 370 g/mol. The number of rotatable bonds is 4. The minimum atomic E-state index is -1.12. The fraction of sp³-hybridized carbons (Fsp3) is 0.125. The Labute approximate surface area is 140 Å². The first-order valence-corrected chi connectivity index (χ1v) is 7.45. The van der Waals surface area contributed by atoms with Gasteiger partial charge in [0.1, 0.15) is 0 Å². The zero-order valence-corrected chi connectivity index (χ0v) is 13.7. The molecule has 2 rings (SSSR count). The van der Waals surface area contributed by atoms with Crippen molar-refractivity contribution in [3.05, 3.63) is 63.6 Å². The van der Waals surface area contributed by atoms with Gasteiger partial charge in [-0.2, -0.15) is 0 Å². The number of hydrogen-bond acceptors (Lipinski definition) is 2. The second-order valence-electron chi connectivity index (χ2n) is 4.82. The van der Waals surface area contributed by atoms with Gasteiger partial charge in [-0.3, -0.25) is 9.59 Å². The second-order valence-corrected chi connectivity index (χ2v) is 5.68. The number of carbonyl (C=O) groups excluding carboxylic acids is 2. The number of hydrogen-bond donors (Lipinski definition) is 2. The van der Waals surface area contributed by atoms with Crippen LogP contribution in [0.25, 0.3) is 0 Å². The molecule has 0 aliphatic heterocycles. The first-order valence-electron chi connectivity index (χ1n) is 6.66. The number of halogens is 3. The van der Waals surface area contributed by atoms with Gasteiger partial charge in [-0.15, -0.1) is 0 Å². The number of carbonyl (C=O) groups is 2. The van der Waals surface area contributed by atoms with E-state index in [2.05, 4.69) is 26.6 Å². The lowest BCUT2D eigenvalue weighted by molar-refractivity contribution is -0.115. The van der Waals surface area contributed by atoms with E-state index in [0.717, 1.165) is 28.2 Å². The van der Waals surface area contributed by atoms with Gasteiger partial charge in [-0.05, 0) is 48.9 Å². The summed E-state index contributed by atoms with van der Waals surface area (Å²) in [5.74, 6) is -3.24. The summed E-state index contributed by atoms with van der Waals surface area (Å²) in [6.45, 7) is 1.59. The zero-order chi connectivity index (χ0) is 17.0. The Kier molecular flexibility index (Phi) is 5.44. The van der Waals surface area contributed by atoms with E-state index in [0.29, 0.717) is 5.69 Å². The van der Waals surface area contributed by atoms with Gasteiger partial charge in [-0.25, -0.2) is 8.78 Å². The monoisotopic (exact) mass is 382 g/mol. The molecule has 0 fully saturated rings. The molecule has 0 aromatic heterocycles. The van der Waals surface area contributed by atoms with Crippen molar-refractivity contribution in [1.29, 1.82) is 0 Å². The van der Waals surface area contributed by atoms with Crippen LogP contribution in [0.2, 0.25) is 0 Å². The molecule has 0 saturated heterocycles. The topological polar surface area (TPSA) is 58.2 Å². The lowest BCUT2D eigenvalue weighted by atomic mass is 10.2. The van der Waals surface area contributed by atoms with Crippen molar-refractivity contribution in [2.45, 2.75) is 6.92 Å². The van der Waals surface area contributed by atoms with Crippen molar-refractivity contribution in [2.75, 3.05) is 11.9 Å². The van der Waals surface area contributed by atoms with Gasteiger partial charge >= 0.3 is 0 Å². The molecule has 2 aromatic rings.